The number of aromatic nitrogens is 1. The number of carbonyl (C=O) groups excluding carboxylic acids is 1. The van der Waals surface area contributed by atoms with Crippen LogP contribution >= 0.6 is 0 Å². The summed E-state index contributed by atoms with van der Waals surface area (Å²) in [7, 11) is -3.65. The lowest BCUT2D eigenvalue weighted by molar-refractivity contribution is 0.0908. The average molecular weight is 496 g/mol. The Balaban J connectivity index is 1.64. The van der Waals surface area contributed by atoms with Crippen LogP contribution in [0, 0.1) is 5.82 Å². The molecule has 0 unspecified atom stereocenters. The molecular weight excluding hydrogens is 469 g/mol. The van der Waals surface area contributed by atoms with Crippen LogP contribution in [0.25, 0.3) is 21.8 Å². The van der Waals surface area contributed by atoms with E-state index in [-0.39, 0.29) is 27.3 Å². The number of H-pyrrole nitrogens is 1. The molecular formula is C26H26FN3O4S. The number of benzene rings is 3. The van der Waals surface area contributed by atoms with Gasteiger partial charge in [0.2, 0.25) is 10.0 Å². The Morgan fingerprint density at radius 3 is 2.29 bits per heavy atom. The zero-order valence-electron chi connectivity index (χ0n) is 19.8. The van der Waals surface area contributed by atoms with Crippen molar-refractivity contribution >= 4 is 37.7 Å². The van der Waals surface area contributed by atoms with Crippen molar-refractivity contribution in [2.45, 2.75) is 44.2 Å². The lowest BCUT2D eigenvalue weighted by Gasteiger charge is -2.27. The van der Waals surface area contributed by atoms with Crippen LogP contribution in [0.15, 0.2) is 70.4 Å². The van der Waals surface area contributed by atoms with E-state index in [4.69, 9.17) is 0 Å². The Bertz CT molecular complexity index is 1610. The summed E-state index contributed by atoms with van der Waals surface area (Å²) in [5, 5.41) is 3.39. The van der Waals surface area contributed by atoms with E-state index in [1.165, 1.54) is 18.2 Å². The van der Waals surface area contributed by atoms with Gasteiger partial charge in [-0.05, 0) is 69.7 Å². The second-order valence-corrected chi connectivity index (χ2v) is 11.0. The first-order valence-corrected chi connectivity index (χ1v) is 12.6. The van der Waals surface area contributed by atoms with Gasteiger partial charge in [-0.15, -0.1) is 0 Å². The predicted molar refractivity (Wildman–Crippen MR) is 134 cm³/mol. The van der Waals surface area contributed by atoms with E-state index in [1.807, 2.05) is 0 Å². The fraction of sp³-hybridized carbons (Fsp3) is 0.231. The lowest BCUT2D eigenvalue weighted by atomic mass is 9.93. The molecule has 9 heteroatoms. The zero-order chi connectivity index (χ0) is 25.5. The molecule has 0 spiro atoms. The Hall–Kier alpha value is -3.56. The Labute approximate surface area is 202 Å². The number of rotatable bonds is 6. The number of nitrogens with one attached hydrogen (secondary N) is 3. The monoisotopic (exact) mass is 495 g/mol. The third-order valence-corrected chi connectivity index (χ3v) is 7.42. The second kappa shape index (κ2) is 8.90. The molecule has 3 aromatic carbocycles. The predicted octanol–water partition coefficient (Wildman–Crippen LogP) is 4.17. The van der Waals surface area contributed by atoms with Gasteiger partial charge in [0.1, 0.15) is 5.82 Å². The third-order valence-electron chi connectivity index (χ3n) is 5.74. The van der Waals surface area contributed by atoms with Gasteiger partial charge >= 0.3 is 0 Å². The van der Waals surface area contributed by atoms with E-state index in [0.29, 0.717) is 22.0 Å². The fourth-order valence-corrected chi connectivity index (χ4v) is 5.22. The molecule has 7 nitrogen and oxygen atoms in total. The van der Waals surface area contributed by atoms with Crippen molar-refractivity contribution in [2.75, 3.05) is 0 Å². The van der Waals surface area contributed by atoms with E-state index < -0.39 is 27.3 Å². The summed E-state index contributed by atoms with van der Waals surface area (Å²) in [6.07, 6.45) is 0. The van der Waals surface area contributed by atoms with Crippen LogP contribution in [0.4, 0.5) is 4.39 Å². The minimum absolute atomic E-state index is 0.105. The molecule has 35 heavy (non-hydrogen) atoms. The first-order valence-electron chi connectivity index (χ1n) is 11.1. The van der Waals surface area contributed by atoms with Crippen LogP contribution in [0.3, 0.4) is 0 Å². The van der Waals surface area contributed by atoms with Crippen LogP contribution in [-0.2, 0) is 15.6 Å². The maximum atomic E-state index is 14.9. The summed E-state index contributed by atoms with van der Waals surface area (Å²) in [6.45, 7) is 6.92. The third kappa shape index (κ3) is 4.82. The molecule has 1 amide bonds. The van der Waals surface area contributed by atoms with Gasteiger partial charge in [-0.1, -0.05) is 24.3 Å². The minimum atomic E-state index is -3.65. The van der Waals surface area contributed by atoms with Crippen LogP contribution in [0.2, 0.25) is 0 Å². The summed E-state index contributed by atoms with van der Waals surface area (Å²) in [4.78, 5) is 29.0. The lowest BCUT2D eigenvalue weighted by Crippen LogP contribution is -2.41. The molecule has 0 radical (unpaired) electrons. The minimum Gasteiger partial charge on any atom is -0.354 e. The van der Waals surface area contributed by atoms with E-state index in [9.17, 15) is 22.4 Å². The van der Waals surface area contributed by atoms with Crippen LogP contribution in [0.5, 0.6) is 0 Å². The number of carbonyl (C=O) groups is 1. The molecule has 4 rings (SSSR count). The Morgan fingerprint density at radius 2 is 1.63 bits per heavy atom. The van der Waals surface area contributed by atoms with E-state index in [2.05, 4.69) is 15.0 Å². The number of fused-ring (bicyclic) bond motifs is 2. The second-order valence-electron chi connectivity index (χ2n) is 9.26. The van der Waals surface area contributed by atoms with Crippen molar-refractivity contribution in [2.24, 2.45) is 0 Å². The van der Waals surface area contributed by atoms with Gasteiger partial charge in [-0.3, -0.25) is 9.59 Å². The van der Waals surface area contributed by atoms with Crippen LogP contribution in [-0.4, -0.2) is 25.4 Å². The maximum Gasteiger partial charge on any atom is 0.255 e. The molecule has 0 aliphatic heterocycles. The van der Waals surface area contributed by atoms with Gasteiger partial charge in [0.25, 0.3) is 5.91 Å². The highest BCUT2D eigenvalue weighted by atomic mass is 32.2. The first-order chi connectivity index (χ1) is 16.4. The number of amides is 1. The van der Waals surface area contributed by atoms with Crippen molar-refractivity contribution in [3.8, 4) is 0 Å². The Morgan fingerprint density at radius 1 is 0.971 bits per heavy atom. The van der Waals surface area contributed by atoms with Crippen molar-refractivity contribution in [1.82, 2.24) is 15.0 Å². The quantitative estimate of drug-likeness (QED) is 0.349. The van der Waals surface area contributed by atoms with Crippen molar-refractivity contribution in [3.63, 3.8) is 0 Å². The number of hydrogen-bond donors (Lipinski definition) is 3. The number of halogens is 1. The highest BCUT2D eigenvalue weighted by Crippen LogP contribution is 2.24. The summed E-state index contributed by atoms with van der Waals surface area (Å²) in [6, 6.07) is 15.2. The molecule has 0 bridgehead atoms. The van der Waals surface area contributed by atoms with Crippen molar-refractivity contribution in [3.05, 3.63) is 87.8 Å². The first kappa shape index (κ1) is 24.6. The molecule has 0 aliphatic carbocycles. The Kier molecular flexibility index (Phi) is 6.25. The molecule has 0 aliphatic rings. The van der Waals surface area contributed by atoms with E-state index in [1.54, 1.807) is 64.1 Å². The highest BCUT2D eigenvalue weighted by molar-refractivity contribution is 7.89. The van der Waals surface area contributed by atoms with Crippen molar-refractivity contribution < 1.29 is 17.6 Å². The number of pyridine rings is 1. The van der Waals surface area contributed by atoms with Gasteiger partial charge in [0.15, 0.2) is 5.43 Å². The summed E-state index contributed by atoms with van der Waals surface area (Å²) < 4.78 is 42.2. The largest absolute Gasteiger partial charge is 0.354 e. The SMILES string of the molecule is CC(C)NS(=O)(=O)c1ccc(C(C)(C)NC(=O)c2cc3[nH]c4ccccc4c(=O)c3cc2F)cc1. The summed E-state index contributed by atoms with van der Waals surface area (Å²) in [5.74, 6) is -1.48. The molecule has 0 atom stereocenters. The number of para-hydroxylation sites is 1. The smallest absolute Gasteiger partial charge is 0.255 e. The average Bonchev–Trinajstić information content (AvgIpc) is 2.78. The molecule has 0 saturated heterocycles. The fourth-order valence-electron chi connectivity index (χ4n) is 3.97. The number of aromatic amines is 1. The van der Waals surface area contributed by atoms with Gasteiger partial charge in [0, 0.05) is 22.3 Å². The van der Waals surface area contributed by atoms with Gasteiger partial charge in [0.05, 0.1) is 21.5 Å². The van der Waals surface area contributed by atoms with Gasteiger partial charge in [-0.2, -0.15) is 0 Å². The summed E-state index contributed by atoms with van der Waals surface area (Å²) >= 11 is 0. The molecule has 4 aromatic rings. The van der Waals surface area contributed by atoms with Gasteiger partial charge < -0.3 is 10.3 Å². The number of sulfonamides is 1. The highest BCUT2D eigenvalue weighted by Gasteiger charge is 2.26. The van der Waals surface area contributed by atoms with Crippen LogP contribution < -0.4 is 15.5 Å². The molecule has 3 N–H and O–H groups in total. The number of hydrogen-bond acceptors (Lipinski definition) is 4. The summed E-state index contributed by atoms with van der Waals surface area (Å²) in [5.41, 5.74) is 0.105. The van der Waals surface area contributed by atoms with E-state index in [0.717, 1.165) is 6.07 Å². The maximum absolute atomic E-state index is 14.9. The standard InChI is InChI=1S/C26H26FN3O4S/c1-15(2)30-35(33,34)17-11-9-16(10-12-17)26(3,4)29-25(32)19-14-23-20(13-21(19)27)24(31)18-7-5-6-8-22(18)28-23/h5-15,30H,1-4H3,(H,28,31)(H,29,32). The zero-order valence-corrected chi connectivity index (χ0v) is 20.6. The van der Waals surface area contributed by atoms with Crippen molar-refractivity contribution in [1.29, 1.82) is 0 Å². The molecule has 182 valence electrons. The van der Waals surface area contributed by atoms with Crippen LogP contribution in [0.1, 0.15) is 43.6 Å². The topological polar surface area (TPSA) is 108 Å². The molecule has 1 heterocycles. The molecule has 1 aromatic heterocycles. The van der Waals surface area contributed by atoms with E-state index >= 15 is 0 Å². The van der Waals surface area contributed by atoms with Gasteiger partial charge in [-0.25, -0.2) is 17.5 Å². The molecule has 0 saturated carbocycles. The normalized spacial score (nSPS) is 12.4. The molecule has 0 fully saturated rings.